The Morgan fingerprint density at radius 1 is 1.00 bits per heavy atom. The summed E-state index contributed by atoms with van der Waals surface area (Å²) in [7, 11) is 0. The van der Waals surface area contributed by atoms with Crippen LogP contribution in [0.1, 0.15) is 11.1 Å². The highest BCUT2D eigenvalue weighted by Crippen LogP contribution is 2.25. The molecule has 0 aliphatic heterocycles. The summed E-state index contributed by atoms with van der Waals surface area (Å²) in [6.07, 6.45) is 3.89. The maximum absolute atomic E-state index is 6.18. The zero-order chi connectivity index (χ0) is 20.5. The number of anilines is 1. The van der Waals surface area contributed by atoms with Gasteiger partial charge in [-0.2, -0.15) is 5.10 Å². The van der Waals surface area contributed by atoms with Crippen molar-refractivity contribution in [3.8, 4) is 0 Å². The molecule has 0 aliphatic rings. The van der Waals surface area contributed by atoms with Crippen LogP contribution < -0.4 is 5.43 Å². The minimum atomic E-state index is 0.558. The Morgan fingerprint density at radius 2 is 1.83 bits per heavy atom. The number of halogens is 2. The fraction of sp³-hybridized carbons (Fsp3) is 0.0435. The van der Waals surface area contributed by atoms with Gasteiger partial charge in [-0.15, -0.1) is 0 Å². The van der Waals surface area contributed by atoms with Gasteiger partial charge in [0, 0.05) is 29.2 Å². The van der Waals surface area contributed by atoms with E-state index in [0.717, 1.165) is 33.1 Å². The van der Waals surface area contributed by atoms with Crippen LogP contribution in [0, 0.1) is 0 Å². The molecule has 2 aromatic heterocycles. The number of imidazole rings is 1. The van der Waals surface area contributed by atoms with Gasteiger partial charge in [-0.3, -0.25) is 0 Å². The third-order valence-electron chi connectivity index (χ3n) is 4.92. The van der Waals surface area contributed by atoms with Gasteiger partial charge in [0.1, 0.15) is 0 Å². The fourth-order valence-corrected chi connectivity index (χ4v) is 3.83. The standard InChI is InChI=1S/C23H17Cl2N5/c24-18-10-9-15(11-19(18)25)13-30-14-16(17-5-1-4-8-22(17)30)12-26-29-23-27-20-6-2-3-7-21(20)28-23/h1-12,14H,13H2,(H2,27,28,29)/b26-12+. The van der Waals surface area contributed by atoms with Crippen molar-refractivity contribution in [1.29, 1.82) is 0 Å². The van der Waals surface area contributed by atoms with E-state index in [1.807, 2.05) is 54.6 Å². The van der Waals surface area contributed by atoms with E-state index in [4.69, 9.17) is 23.2 Å². The molecule has 2 heterocycles. The second-order valence-electron chi connectivity index (χ2n) is 6.95. The number of hydrazone groups is 1. The van der Waals surface area contributed by atoms with Crippen LogP contribution in [0.4, 0.5) is 5.95 Å². The number of para-hydroxylation sites is 3. The minimum Gasteiger partial charge on any atom is -0.342 e. The molecule has 0 atom stereocenters. The SMILES string of the molecule is Clc1ccc(Cn2cc(/C=N/Nc3nc4ccccc4[nH]3)c3ccccc32)cc1Cl. The van der Waals surface area contributed by atoms with Gasteiger partial charge < -0.3 is 9.55 Å². The van der Waals surface area contributed by atoms with Crippen LogP contribution in [-0.4, -0.2) is 20.7 Å². The number of nitrogens with one attached hydrogen (secondary N) is 2. The summed E-state index contributed by atoms with van der Waals surface area (Å²) in [5, 5.41) is 6.62. The number of hydrogen-bond donors (Lipinski definition) is 2. The summed E-state index contributed by atoms with van der Waals surface area (Å²) in [6, 6.07) is 21.8. The van der Waals surface area contributed by atoms with Crippen LogP contribution in [0.2, 0.25) is 10.0 Å². The van der Waals surface area contributed by atoms with Crippen LogP contribution in [0.15, 0.2) is 78.0 Å². The normalized spacial score (nSPS) is 11.7. The molecule has 0 spiro atoms. The Morgan fingerprint density at radius 3 is 2.70 bits per heavy atom. The first kappa shape index (κ1) is 18.7. The Labute approximate surface area is 183 Å². The van der Waals surface area contributed by atoms with Crippen LogP contribution in [-0.2, 0) is 6.54 Å². The molecule has 0 aliphatic carbocycles. The third-order valence-corrected chi connectivity index (χ3v) is 5.66. The zero-order valence-corrected chi connectivity index (χ0v) is 17.3. The van der Waals surface area contributed by atoms with Crippen molar-refractivity contribution < 1.29 is 0 Å². The van der Waals surface area contributed by atoms with Crippen molar-refractivity contribution in [2.45, 2.75) is 6.54 Å². The molecule has 0 fully saturated rings. The van der Waals surface area contributed by atoms with Crippen LogP contribution in [0.5, 0.6) is 0 Å². The zero-order valence-electron chi connectivity index (χ0n) is 15.8. The van der Waals surface area contributed by atoms with Crippen molar-refractivity contribution >= 4 is 57.3 Å². The molecule has 0 saturated carbocycles. The number of H-pyrrole nitrogens is 1. The highest BCUT2D eigenvalue weighted by atomic mass is 35.5. The lowest BCUT2D eigenvalue weighted by atomic mass is 10.2. The monoisotopic (exact) mass is 433 g/mol. The van der Waals surface area contributed by atoms with Gasteiger partial charge >= 0.3 is 0 Å². The molecule has 5 rings (SSSR count). The Balaban J connectivity index is 1.42. The molecule has 2 N–H and O–H groups in total. The molecule has 3 aromatic carbocycles. The summed E-state index contributed by atoms with van der Waals surface area (Å²) in [4.78, 5) is 7.68. The molecule has 5 aromatic rings. The van der Waals surface area contributed by atoms with E-state index in [9.17, 15) is 0 Å². The number of fused-ring (bicyclic) bond motifs is 2. The summed E-state index contributed by atoms with van der Waals surface area (Å²) >= 11 is 12.2. The van der Waals surface area contributed by atoms with E-state index < -0.39 is 0 Å². The van der Waals surface area contributed by atoms with E-state index in [1.54, 1.807) is 6.21 Å². The van der Waals surface area contributed by atoms with Crippen LogP contribution in [0.25, 0.3) is 21.9 Å². The van der Waals surface area contributed by atoms with E-state index in [0.29, 0.717) is 22.5 Å². The predicted molar refractivity (Wildman–Crippen MR) is 125 cm³/mol. The van der Waals surface area contributed by atoms with Crippen molar-refractivity contribution in [3.63, 3.8) is 0 Å². The lowest BCUT2D eigenvalue weighted by Crippen LogP contribution is -1.98. The smallest absolute Gasteiger partial charge is 0.222 e. The van der Waals surface area contributed by atoms with Gasteiger partial charge in [-0.25, -0.2) is 10.4 Å². The van der Waals surface area contributed by atoms with E-state index in [-0.39, 0.29) is 0 Å². The topological polar surface area (TPSA) is 58.0 Å². The first-order chi connectivity index (χ1) is 14.7. The molecule has 0 radical (unpaired) electrons. The average molecular weight is 434 g/mol. The van der Waals surface area contributed by atoms with Crippen molar-refractivity contribution in [3.05, 3.63) is 94.1 Å². The molecular formula is C23H17Cl2N5. The largest absolute Gasteiger partial charge is 0.342 e. The average Bonchev–Trinajstić information content (AvgIpc) is 3.32. The molecular weight excluding hydrogens is 417 g/mol. The molecule has 148 valence electrons. The van der Waals surface area contributed by atoms with E-state index in [2.05, 4.69) is 43.4 Å². The maximum atomic E-state index is 6.18. The van der Waals surface area contributed by atoms with Gasteiger partial charge in [0.25, 0.3) is 0 Å². The van der Waals surface area contributed by atoms with Crippen LogP contribution in [0.3, 0.4) is 0 Å². The molecule has 7 heteroatoms. The summed E-state index contributed by atoms with van der Waals surface area (Å²) < 4.78 is 2.18. The summed E-state index contributed by atoms with van der Waals surface area (Å²) in [5.74, 6) is 0.604. The number of nitrogens with zero attached hydrogens (tertiary/aromatic N) is 3. The van der Waals surface area contributed by atoms with Crippen molar-refractivity contribution in [2.75, 3.05) is 5.43 Å². The fourth-order valence-electron chi connectivity index (χ4n) is 3.51. The number of aromatic nitrogens is 3. The third kappa shape index (κ3) is 3.65. The van der Waals surface area contributed by atoms with Gasteiger partial charge in [0.05, 0.1) is 27.3 Å². The predicted octanol–water partition coefficient (Wildman–Crippen LogP) is 6.32. The van der Waals surface area contributed by atoms with Gasteiger partial charge in [0.2, 0.25) is 5.95 Å². The molecule has 0 amide bonds. The molecule has 0 bridgehead atoms. The summed E-state index contributed by atoms with van der Waals surface area (Å²) in [5.41, 5.74) is 8.05. The number of rotatable bonds is 5. The van der Waals surface area contributed by atoms with Crippen molar-refractivity contribution in [1.82, 2.24) is 14.5 Å². The molecule has 30 heavy (non-hydrogen) atoms. The number of benzene rings is 3. The second kappa shape index (κ2) is 7.86. The van der Waals surface area contributed by atoms with E-state index in [1.165, 1.54) is 0 Å². The molecule has 5 nitrogen and oxygen atoms in total. The highest BCUT2D eigenvalue weighted by Gasteiger charge is 2.08. The van der Waals surface area contributed by atoms with Gasteiger partial charge in [-0.05, 0) is 35.9 Å². The lowest BCUT2D eigenvalue weighted by Gasteiger charge is -2.06. The first-order valence-electron chi connectivity index (χ1n) is 9.43. The van der Waals surface area contributed by atoms with E-state index >= 15 is 0 Å². The first-order valence-corrected chi connectivity index (χ1v) is 10.2. The Hall–Kier alpha value is -3.28. The number of hydrogen-bond acceptors (Lipinski definition) is 3. The van der Waals surface area contributed by atoms with Crippen molar-refractivity contribution in [2.24, 2.45) is 5.10 Å². The maximum Gasteiger partial charge on any atom is 0.222 e. The highest BCUT2D eigenvalue weighted by molar-refractivity contribution is 6.42. The number of aromatic amines is 1. The second-order valence-corrected chi connectivity index (χ2v) is 7.76. The van der Waals surface area contributed by atoms with Gasteiger partial charge in [0.15, 0.2) is 0 Å². The Kier molecular flexibility index (Phi) is 4.91. The summed E-state index contributed by atoms with van der Waals surface area (Å²) in [6.45, 7) is 0.683. The molecule has 0 unspecified atom stereocenters. The minimum absolute atomic E-state index is 0.558. The lowest BCUT2D eigenvalue weighted by molar-refractivity contribution is 0.836. The van der Waals surface area contributed by atoms with Crippen LogP contribution >= 0.6 is 23.2 Å². The quantitative estimate of drug-likeness (QED) is 0.251. The molecule has 0 saturated heterocycles. The Bertz CT molecular complexity index is 1350. The van der Waals surface area contributed by atoms with Gasteiger partial charge in [-0.1, -0.05) is 59.6 Å².